The third-order valence-electron chi connectivity index (χ3n) is 3.08. The lowest BCUT2D eigenvalue weighted by Crippen LogP contribution is -2.32. The van der Waals surface area contributed by atoms with E-state index in [1.54, 1.807) is 19.1 Å². The maximum Gasteiger partial charge on any atom is 0.251 e. The second-order valence-electron chi connectivity index (χ2n) is 5.24. The Morgan fingerprint density at radius 1 is 1.20 bits per heavy atom. The Bertz CT molecular complexity index is 587. The Kier molecular flexibility index (Phi) is 4.17. The standard InChI is InChI=1S/C15H19N3O2/c1-9(2)13(15-16-11(4)18-20-15)17-14(19)12-7-5-10(3)6-8-12/h5-9,13H,1-4H3,(H,17,19)/t13-/m1/s1. The molecule has 0 saturated carbocycles. The Morgan fingerprint density at radius 2 is 1.85 bits per heavy atom. The van der Waals surface area contributed by atoms with E-state index in [4.69, 9.17) is 4.52 Å². The molecule has 1 aromatic heterocycles. The van der Waals surface area contributed by atoms with Gasteiger partial charge in [-0.15, -0.1) is 0 Å². The third kappa shape index (κ3) is 3.23. The monoisotopic (exact) mass is 273 g/mol. The zero-order valence-corrected chi connectivity index (χ0v) is 12.2. The van der Waals surface area contributed by atoms with Crippen molar-refractivity contribution in [3.63, 3.8) is 0 Å². The molecule has 2 rings (SSSR count). The summed E-state index contributed by atoms with van der Waals surface area (Å²) in [6.07, 6.45) is 0. The summed E-state index contributed by atoms with van der Waals surface area (Å²) in [6, 6.07) is 7.15. The number of nitrogens with one attached hydrogen (secondary N) is 1. The summed E-state index contributed by atoms with van der Waals surface area (Å²) in [4.78, 5) is 16.5. The zero-order valence-electron chi connectivity index (χ0n) is 12.2. The summed E-state index contributed by atoms with van der Waals surface area (Å²) < 4.78 is 5.17. The summed E-state index contributed by atoms with van der Waals surface area (Å²) >= 11 is 0. The highest BCUT2D eigenvalue weighted by Crippen LogP contribution is 2.20. The van der Waals surface area contributed by atoms with Gasteiger partial charge in [-0.25, -0.2) is 0 Å². The molecule has 1 amide bonds. The van der Waals surface area contributed by atoms with E-state index in [0.717, 1.165) is 5.56 Å². The van der Waals surface area contributed by atoms with Crippen LogP contribution < -0.4 is 5.32 Å². The number of carbonyl (C=O) groups is 1. The predicted octanol–water partition coefficient (Wildman–Crippen LogP) is 2.81. The van der Waals surface area contributed by atoms with E-state index in [9.17, 15) is 4.79 Å². The fraction of sp³-hybridized carbons (Fsp3) is 0.400. The molecule has 20 heavy (non-hydrogen) atoms. The number of hydrogen-bond acceptors (Lipinski definition) is 4. The van der Waals surface area contributed by atoms with Gasteiger partial charge in [0.25, 0.3) is 5.91 Å². The van der Waals surface area contributed by atoms with Gasteiger partial charge in [0.1, 0.15) is 6.04 Å². The van der Waals surface area contributed by atoms with Gasteiger partial charge in [-0.1, -0.05) is 36.7 Å². The molecule has 2 aromatic rings. The van der Waals surface area contributed by atoms with Crippen LogP contribution in [0.4, 0.5) is 0 Å². The molecular formula is C15H19N3O2. The molecule has 0 aliphatic carbocycles. The SMILES string of the molecule is Cc1ccc(C(=O)N[C@@H](c2nc(C)no2)C(C)C)cc1. The highest BCUT2D eigenvalue weighted by molar-refractivity contribution is 5.94. The minimum Gasteiger partial charge on any atom is -0.340 e. The van der Waals surface area contributed by atoms with Crippen LogP contribution >= 0.6 is 0 Å². The number of carbonyl (C=O) groups excluding carboxylic acids is 1. The maximum atomic E-state index is 12.2. The molecule has 0 aliphatic rings. The highest BCUT2D eigenvalue weighted by atomic mass is 16.5. The Balaban J connectivity index is 2.16. The first kappa shape index (κ1) is 14.2. The van der Waals surface area contributed by atoms with E-state index in [2.05, 4.69) is 15.5 Å². The lowest BCUT2D eigenvalue weighted by atomic mass is 10.0. The quantitative estimate of drug-likeness (QED) is 0.930. The van der Waals surface area contributed by atoms with Crippen molar-refractivity contribution in [3.05, 3.63) is 47.1 Å². The molecule has 1 aromatic carbocycles. The second kappa shape index (κ2) is 5.86. The van der Waals surface area contributed by atoms with Crippen molar-refractivity contribution in [1.29, 1.82) is 0 Å². The normalized spacial score (nSPS) is 12.4. The predicted molar refractivity (Wildman–Crippen MR) is 75.3 cm³/mol. The lowest BCUT2D eigenvalue weighted by Gasteiger charge is -2.18. The Hall–Kier alpha value is -2.17. The number of nitrogens with zero attached hydrogens (tertiary/aromatic N) is 2. The molecule has 0 spiro atoms. The number of aryl methyl sites for hydroxylation is 2. The maximum absolute atomic E-state index is 12.2. The smallest absolute Gasteiger partial charge is 0.251 e. The molecular weight excluding hydrogens is 254 g/mol. The number of amides is 1. The Labute approximate surface area is 118 Å². The summed E-state index contributed by atoms with van der Waals surface area (Å²) in [5, 5.41) is 6.72. The zero-order chi connectivity index (χ0) is 14.7. The number of aromatic nitrogens is 2. The van der Waals surface area contributed by atoms with Crippen molar-refractivity contribution in [3.8, 4) is 0 Å². The minimum absolute atomic E-state index is 0.139. The van der Waals surface area contributed by atoms with Gasteiger partial charge in [-0.2, -0.15) is 4.98 Å². The van der Waals surface area contributed by atoms with Crippen molar-refractivity contribution in [1.82, 2.24) is 15.5 Å². The fourth-order valence-corrected chi connectivity index (χ4v) is 1.88. The van der Waals surface area contributed by atoms with Crippen molar-refractivity contribution < 1.29 is 9.32 Å². The van der Waals surface area contributed by atoms with Gasteiger partial charge < -0.3 is 9.84 Å². The van der Waals surface area contributed by atoms with Crippen molar-refractivity contribution in [2.24, 2.45) is 5.92 Å². The molecule has 1 atom stereocenters. The molecule has 106 valence electrons. The van der Waals surface area contributed by atoms with Crippen LogP contribution in [0.5, 0.6) is 0 Å². The summed E-state index contributed by atoms with van der Waals surface area (Å²) in [6.45, 7) is 7.74. The van der Waals surface area contributed by atoms with Crippen molar-refractivity contribution >= 4 is 5.91 Å². The van der Waals surface area contributed by atoms with Crippen LogP contribution in [0.2, 0.25) is 0 Å². The summed E-state index contributed by atoms with van der Waals surface area (Å²) in [7, 11) is 0. The summed E-state index contributed by atoms with van der Waals surface area (Å²) in [5.41, 5.74) is 1.74. The molecule has 0 aliphatic heterocycles. The van der Waals surface area contributed by atoms with Crippen LogP contribution in [0.25, 0.3) is 0 Å². The summed E-state index contributed by atoms with van der Waals surface area (Å²) in [5.74, 6) is 1.02. The van der Waals surface area contributed by atoms with Crippen LogP contribution in [0.15, 0.2) is 28.8 Å². The van der Waals surface area contributed by atoms with Gasteiger partial charge in [0.15, 0.2) is 5.82 Å². The Morgan fingerprint density at radius 3 is 2.35 bits per heavy atom. The fourth-order valence-electron chi connectivity index (χ4n) is 1.88. The third-order valence-corrected chi connectivity index (χ3v) is 3.08. The first-order chi connectivity index (χ1) is 9.47. The van der Waals surface area contributed by atoms with E-state index in [-0.39, 0.29) is 17.9 Å². The van der Waals surface area contributed by atoms with Crippen LogP contribution in [-0.4, -0.2) is 16.0 Å². The van der Waals surface area contributed by atoms with Gasteiger partial charge in [-0.3, -0.25) is 4.79 Å². The molecule has 0 unspecified atom stereocenters. The van der Waals surface area contributed by atoms with Crippen molar-refractivity contribution in [2.45, 2.75) is 33.7 Å². The molecule has 0 fully saturated rings. The largest absolute Gasteiger partial charge is 0.340 e. The topological polar surface area (TPSA) is 68.0 Å². The van der Waals surface area contributed by atoms with Crippen molar-refractivity contribution in [2.75, 3.05) is 0 Å². The van der Waals surface area contributed by atoms with Crippen LogP contribution in [0.3, 0.4) is 0 Å². The first-order valence-corrected chi connectivity index (χ1v) is 6.65. The average Bonchev–Trinajstić information content (AvgIpc) is 2.82. The van der Waals surface area contributed by atoms with Crippen LogP contribution in [-0.2, 0) is 0 Å². The van der Waals surface area contributed by atoms with Crippen LogP contribution in [0, 0.1) is 19.8 Å². The van der Waals surface area contributed by atoms with Gasteiger partial charge in [-0.05, 0) is 31.9 Å². The van der Waals surface area contributed by atoms with E-state index in [0.29, 0.717) is 17.3 Å². The number of benzene rings is 1. The minimum atomic E-state index is -0.287. The average molecular weight is 273 g/mol. The molecule has 0 saturated heterocycles. The van der Waals surface area contributed by atoms with Gasteiger partial charge in [0.05, 0.1) is 0 Å². The molecule has 5 nitrogen and oxygen atoms in total. The molecule has 0 radical (unpaired) electrons. The molecule has 1 heterocycles. The second-order valence-corrected chi connectivity index (χ2v) is 5.24. The van der Waals surface area contributed by atoms with E-state index in [1.165, 1.54) is 0 Å². The lowest BCUT2D eigenvalue weighted by molar-refractivity contribution is 0.0914. The van der Waals surface area contributed by atoms with Gasteiger partial charge in [0.2, 0.25) is 5.89 Å². The number of hydrogen-bond donors (Lipinski definition) is 1. The van der Waals surface area contributed by atoms with Crippen LogP contribution in [0.1, 0.15) is 47.5 Å². The van der Waals surface area contributed by atoms with Gasteiger partial charge >= 0.3 is 0 Å². The van der Waals surface area contributed by atoms with E-state index in [1.807, 2.05) is 32.9 Å². The van der Waals surface area contributed by atoms with Gasteiger partial charge in [0, 0.05) is 5.56 Å². The molecule has 0 bridgehead atoms. The van der Waals surface area contributed by atoms with E-state index >= 15 is 0 Å². The number of rotatable bonds is 4. The molecule has 5 heteroatoms. The first-order valence-electron chi connectivity index (χ1n) is 6.65. The highest BCUT2D eigenvalue weighted by Gasteiger charge is 2.24. The molecule has 1 N–H and O–H groups in total. The van der Waals surface area contributed by atoms with E-state index < -0.39 is 0 Å².